The van der Waals surface area contributed by atoms with Gasteiger partial charge in [-0.1, -0.05) is 64.7 Å². The van der Waals surface area contributed by atoms with Gasteiger partial charge in [0.05, 0.1) is 18.8 Å². The van der Waals surface area contributed by atoms with Crippen LogP contribution in [0.25, 0.3) is 0 Å². The van der Waals surface area contributed by atoms with Crippen LogP contribution in [0.1, 0.15) is 84.0 Å². The molecule has 1 fully saturated rings. The molecule has 1 rings (SSSR count). The quantitative estimate of drug-likeness (QED) is 0.313. The maximum Gasteiger partial charge on any atom is 0.338 e. The number of aliphatic hydroxyl groups excluding tert-OH is 3. The summed E-state index contributed by atoms with van der Waals surface area (Å²) < 4.78 is 5.10. The van der Waals surface area contributed by atoms with Crippen LogP contribution in [0.2, 0.25) is 0 Å². The van der Waals surface area contributed by atoms with Gasteiger partial charge in [-0.15, -0.1) is 0 Å². The lowest BCUT2D eigenvalue weighted by Crippen LogP contribution is -2.56. The molecule has 6 nitrogen and oxygen atoms in total. The van der Waals surface area contributed by atoms with Crippen molar-refractivity contribution >= 4 is 5.97 Å². The fourth-order valence-corrected chi connectivity index (χ4v) is 3.33. The lowest BCUT2D eigenvalue weighted by molar-refractivity contribution is -0.192. The van der Waals surface area contributed by atoms with Gasteiger partial charge in [-0.2, -0.15) is 0 Å². The van der Waals surface area contributed by atoms with Crippen molar-refractivity contribution in [3.63, 3.8) is 0 Å². The minimum absolute atomic E-state index is 0.229. The zero-order valence-corrected chi connectivity index (χ0v) is 15.5. The summed E-state index contributed by atoms with van der Waals surface area (Å²) in [6.45, 7) is 2.44. The Hall–Kier alpha value is -0.690. The first-order chi connectivity index (χ1) is 11.9. The van der Waals surface area contributed by atoms with E-state index in [1.807, 2.05) is 0 Å². The summed E-state index contributed by atoms with van der Waals surface area (Å²) in [5, 5.41) is 39.0. The third-order valence-electron chi connectivity index (χ3n) is 4.99. The maximum absolute atomic E-state index is 12.0. The molecule has 0 saturated heterocycles. The first-order valence-electron chi connectivity index (χ1n) is 9.84. The predicted octanol–water partition coefficient (Wildman–Crippen LogP) is 2.06. The van der Waals surface area contributed by atoms with Crippen LogP contribution in [0.5, 0.6) is 0 Å². The van der Waals surface area contributed by atoms with E-state index in [1.165, 1.54) is 44.9 Å². The zero-order chi connectivity index (χ0) is 18.7. The van der Waals surface area contributed by atoms with Crippen molar-refractivity contribution in [3.8, 4) is 0 Å². The molecule has 0 spiro atoms. The Balaban J connectivity index is 2.07. The highest BCUT2D eigenvalue weighted by Gasteiger charge is 2.49. The fraction of sp³-hybridized carbons (Fsp3) is 0.947. The van der Waals surface area contributed by atoms with Gasteiger partial charge in [-0.3, -0.25) is 0 Å². The molecule has 0 aromatic carbocycles. The number of carbonyl (C=O) groups excluding carboxylic acids is 1. The lowest BCUT2D eigenvalue weighted by Gasteiger charge is -2.38. The van der Waals surface area contributed by atoms with Crippen LogP contribution in [0.4, 0.5) is 0 Å². The monoisotopic (exact) mass is 360 g/mol. The summed E-state index contributed by atoms with van der Waals surface area (Å²) in [6, 6.07) is 0. The summed E-state index contributed by atoms with van der Waals surface area (Å²) in [5.74, 6) is -0.826. The van der Waals surface area contributed by atoms with Crippen LogP contribution in [0.15, 0.2) is 0 Å². The average Bonchev–Trinajstić information content (AvgIpc) is 2.57. The second-order valence-electron chi connectivity index (χ2n) is 7.38. The summed E-state index contributed by atoms with van der Waals surface area (Å²) >= 11 is 0. The van der Waals surface area contributed by atoms with Crippen LogP contribution >= 0.6 is 0 Å². The van der Waals surface area contributed by atoms with Crippen LogP contribution in [-0.2, 0) is 9.53 Å². The summed E-state index contributed by atoms with van der Waals surface area (Å²) in [4.78, 5) is 12.0. The van der Waals surface area contributed by atoms with Gasteiger partial charge in [0.15, 0.2) is 5.60 Å². The van der Waals surface area contributed by atoms with Gasteiger partial charge in [0, 0.05) is 12.8 Å². The highest BCUT2D eigenvalue weighted by atomic mass is 16.5. The molecule has 0 aromatic rings. The Bertz CT molecular complexity index is 361. The minimum Gasteiger partial charge on any atom is -0.464 e. The van der Waals surface area contributed by atoms with E-state index in [1.54, 1.807) is 0 Å². The fourth-order valence-electron chi connectivity index (χ4n) is 3.33. The first-order valence-corrected chi connectivity index (χ1v) is 9.84. The Morgan fingerprint density at radius 1 is 0.880 bits per heavy atom. The molecule has 0 radical (unpaired) electrons. The van der Waals surface area contributed by atoms with Crippen molar-refractivity contribution in [1.82, 2.24) is 0 Å². The molecule has 0 amide bonds. The van der Waals surface area contributed by atoms with Crippen LogP contribution < -0.4 is 0 Å². The molecule has 25 heavy (non-hydrogen) atoms. The normalized spacial score (nSPS) is 29.6. The first kappa shape index (κ1) is 22.4. The molecule has 1 aliphatic rings. The van der Waals surface area contributed by atoms with Crippen molar-refractivity contribution in [3.05, 3.63) is 0 Å². The third-order valence-corrected chi connectivity index (χ3v) is 4.99. The highest BCUT2D eigenvalue weighted by Crippen LogP contribution is 2.30. The van der Waals surface area contributed by atoms with Crippen LogP contribution in [-0.4, -0.2) is 56.9 Å². The molecule has 2 atom stereocenters. The van der Waals surface area contributed by atoms with Gasteiger partial charge in [0.25, 0.3) is 0 Å². The van der Waals surface area contributed by atoms with E-state index in [-0.39, 0.29) is 19.4 Å². The number of hydrogen-bond donors (Lipinski definition) is 4. The Labute approximate surface area is 151 Å². The number of carbonyl (C=O) groups is 1. The molecule has 0 heterocycles. The van der Waals surface area contributed by atoms with Crippen LogP contribution in [0, 0.1) is 0 Å². The van der Waals surface area contributed by atoms with Gasteiger partial charge in [-0.25, -0.2) is 4.79 Å². The molecule has 0 unspecified atom stereocenters. The SMILES string of the molecule is CCCCCCCCCCCCOC(=O)C1(O)C[C@H](O)C(O)[C@@H](O)C1. The summed E-state index contributed by atoms with van der Waals surface area (Å²) in [5.41, 5.74) is -1.92. The predicted molar refractivity (Wildman–Crippen MR) is 95.0 cm³/mol. The molecule has 1 saturated carbocycles. The summed E-state index contributed by atoms with van der Waals surface area (Å²) in [6.07, 6.45) is 7.16. The standard InChI is InChI=1S/C19H36O6/c1-2-3-4-5-6-7-8-9-10-11-12-25-18(23)19(24)13-15(20)17(22)16(21)14-19/h15-17,20-22,24H,2-14H2,1H3/t15-,16-,17?,19?/m0/s1. The molecule has 0 aliphatic heterocycles. The van der Waals surface area contributed by atoms with E-state index < -0.39 is 29.9 Å². The second-order valence-corrected chi connectivity index (χ2v) is 7.38. The second kappa shape index (κ2) is 11.8. The molecule has 4 N–H and O–H groups in total. The van der Waals surface area contributed by atoms with Crippen molar-refractivity contribution < 1.29 is 30.0 Å². The van der Waals surface area contributed by atoms with Crippen molar-refractivity contribution in [2.75, 3.05) is 6.61 Å². The molecular formula is C19H36O6. The Morgan fingerprint density at radius 2 is 1.32 bits per heavy atom. The van der Waals surface area contributed by atoms with Crippen LogP contribution in [0.3, 0.4) is 0 Å². The van der Waals surface area contributed by atoms with E-state index in [0.29, 0.717) is 0 Å². The third kappa shape index (κ3) is 8.03. The number of esters is 1. The Morgan fingerprint density at radius 3 is 1.80 bits per heavy atom. The molecular weight excluding hydrogens is 324 g/mol. The van der Waals surface area contributed by atoms with E-state index in [2.05, 4.69) is 6.92 Å². The molecule has 6 heteroatoms. The van der Waals surface area contributed by atoms with E-state index in [4.69, 9.17) is 4.74 Å². The number of ether oxygens (including phenoxy) is 1. The van der Waals surface area contributed by atoms with E-state index in [9.17, 15) is 25.2 Å². The smallest absolute Gasteiger partial charge is 0.338 e. The Kier molecular flexibility index (Phi) is 10.6. The molecule has 148 valence electrons. The van der Waals surface area contributed by atoms with Gasteiger partial charge < -0.3 is 25.2 Å². The summed E-state index contributed by atoms with van der Waals surface area (Å²) in [7, 11) is 0. The minimum atomic E-state index is -1.92. The van der Waals surface area contributed by atoms with E-state index in [0.717, 1.165) is 19.3 Å². The largest absolute Gasteiger partial charge is 0.464 e. The number of hydrogen-bond acceptors (Lipinski definition) is 6. The topological polar surface area (TPSA) is 107 Å². The van der Waals surface area contributed by atoms with E-state index >= 15 is 0 Å². The lowest BCUT2D eigenvalue weighted by atomic mass is 9.80. The average molecular weight is 360 g/mol. The molecule has 1 aliphatic carbocycles. The number of rotatable bonds is 12. The van der Waals surface area contributed by atoms with Gasteiger partial charge in [-0.05, 0) is 6.42 Å². The van der Waals surface area contributed by atoms with Crippen molar-refractivity contribution in [1.29, 1.82) is 0 Å². The van der Waals surface area contributed by atoms with Crippen molar-refractivity contribution in [2.45, 2.75) is 108 Å². The number of unbranched alkanes of at least 4 members (excludes halogenated alkanes) is 9. The number of aliphatic hydroxyl groups is 4. The maximum atomic E-state index is 12.0. The molecule has 0 bridgehead atoms. The van der Waals surface area contributed by atoms with Gasteiger partial charge >= 0.3 is 5.97 Å². The highest BCUT2D eigenvalue weighted by molar-refractivity contribution is 5.79. The van der Waals surface area contributed by atoms with Gasteiger partial charge in [0.1, 0.15) is 6.10 Å². The molecule has 0 aromatic heterocycles. The van der Waals surface area contributed by atoms with Gasteiger partial charge in [0.2, 0.25) is 0 Å². The zero-order valence-electron chi connectivity index (χ0n) is 15.5. The van der Waals surface area contributed by atoms with Crippen molar-refractivity contribution in [2.24, 2.45) is 0 Å².